The molecule has 1 fully saturated rings. The number of hydrogen-bond donors (Lipinski definition) is 1. The van der Waals surface area contributed by atoms with Crippen LogP contribution in [0.15, 0.2) is 30.6 Å². The highest BCUT2D eigenvalue weighted by atomic mass is 16.4. The average molecular weight is 273 g/mol. The van der Waals surface area contributed by atoms with Crippen molar-refractivity contribution in [1.82, 2.24) is 14.3 Å². The number of aliphatic carboxylic acids is 1. The standard InChI is InChI=1S/C15H19N3O2/c19-15(20)8-12-4-3-6-17(9-12)10-13-11-18-7-2-1-5-14(18)16-13/h1-2,5,7,11-12H,3-4,6,8-10H2,(H,19,20). The molecule has 2 aromatic heterocycles. The first-order valence-electron chi connectivity index (χ1n) is 7.07. The number of fused-ring (bicyclic) bond motifs is 1. The van der Waals surface area contributed by atoms with Crippen LogP contribution in [-0.2, 0) is 11.3 Å². The molecule has 5 heteroatoms. The number of rotatable bonds is 4. The molecule has 1 unspecified atom stereocenters. The summed E-state index contributed by atoms with van der Waals surface area (Å²) in [6.45, 7) is 2.70. The lowest BCUT2D eigenvalue weighted by atomic mass is 9.95. The van der Waals surface area contributed by atoms with Crippen LogP contribution in [0.1, 0.15) is 25.0 Å². The smallest absolute Gasteiger partial charge is 0.303 e. The van der Waals surface area contributed by atoms with Crippen molar-refractivity contribution in [2.45, 2.75) is 25.8 Å². The molecule has 3 rings (SSSR count). The fraction of sp³-hybridized carbons (Fsp3) is 0.467. The van der Waals surface area contributed by atoms with E-state index in [1.165, 1.54) is 0 Å². The van der Waals surface area contributed by atoms with E-state index in [0.717, 1.165) is 43.8 Å². The Kier molecular flexibility index (Phi) is 3.69. The molecule has 0 saturated carbocycles. The third-order valence-electron chi connectivity index (χ3n) is 3.87. The molecule has 0 aromatic carbocycles. The van der Waals surface area contributed by atoms with E-state index in [0.29, 0.717) is 0 Å². The zero-order valence-electron chi connectivity index (χ0n) is 11.4. The lowest BCUT2D eigenvalue weighted by Gasteiger charge is -2.31. The molecule has 1 aliphatic heterocycles. The Morgan fingerprint density at radius 2 is 2.35 bits per heavy atom. The van der Waals surface area contributed by atoms with Crippen LogP contribution in [0.3, 0.4) is 0 Å². The topological polar surface area (TPSA) is 57.8 Å². The van der Waals surface area contributed by atoms with Crippen molar-refractivity contribution >= 4 is 11.6 Å². The monoisotopic (exact) mass is 273 g/mol. The van der Waals surface area contributed by atoms with Gasteiger partial charge < -0.3 is 9.51 Å². The van der Waals surface area contributed by atoms with Crippen molar-refractivity contribution in [1.29, 1.82) is 0 Å². The van der Waals surface area contributed by atoms with E-state index in [2.05, 4.69) is 16.1 Å². The van der Waals surface area contributed by atoms with Crippen molar-refractivity contribution in [3.05, 3.63) is 36.3 Å². The van der Waals surface area contributed by atoms with Gasteiger partial charge in [-0.1, -0.05) is 6.07 Å². The van der Waals surface area contributed by atoms with Crippen LogP contribution in [0.25, 0.3) is 5.65 Å². The van der Waals surface area contributed by atoms with E-state index in [9.17, 15) is 4.79 Å². The highest BCUT2D eigenvalue weighted by molar-refractivity contribution is 5.67. The Morgan fingerprint density at radius 1 is 1.45 bits per heavy atom. The van der Waals surface area contributed by atoms with Crippen LogP contribution in [0.2, 0.25) is 0 Å². The Labute approximate surface area is 117 Å². The van der Waals surface area contributed by atoms with E-state index in [1.807, 2.05) is 28.8 Å². The van der Waals surface area contributed by atoms with Crippen LogP contribution in [-0.4, -0.2) is 38.4 Å². The van der Waals surface area contributed by atoms with E-state index >= 15 is 0 Å². The maximum Gasteiger partial charge on any atom is 0.303 e. The van der Waals surface area contributed by atoms with Gasteiger partial charge in [0.2, 0.25) is 0 Å². The van der Waals surface area contributed by atoms with Crippen LogP contribution in [0, 0.1) is 5.92 Å². The third kappa shape index (κ3) is 2.99. The van der Waals surface area contributed by atoms with Crippen molar-refractivity contribution in [2.75, 3.05) is 13.1 Å². The molecule has 20 heavy (non-hydrogen) atoms. The summed E-state index contributed by atoms with van der Waals surface area (Å²) in [4.78, 5) is 17.7. The average Bonchev–Trinajstić information content (AvgIpc) is 2.80. The predicted octanol–water partition coefficient (Wildman–Crippen LogP) is 2.02. The fourth-order valence-corrected chi connectivity index (χ4v) is 3.00. The Balaban J connectivity index is 1.66. The van der Waals surface area contributed by atoms with Crippen molar-refractivity contribution in [2.24, 2.45) is 5.92 Å². The van der Waals surface area contributed by atoms with Crippen LogP contribution >= 0.6 is 0 Å². The zero-order chi connectivity index (χ0) is 13.9. The Hall–Kier alpha value is -1.88. The third-order valence-corrected chi connectivity index (χ3v) is 3.87. The van der Waals surface area contributed by atoms with Gasteiger partial charge in [0.05, 0.1) is 5.69 Å². The van der Waals surface area contributed by atoms with Gasteiger partial charge in [-0.05, 0) is 37.4 Å². The first kappa shape index (κ1) is 13.1. The second kappa shape index (κ2) is 5.63. The highest BCUT2D eigenvalue weighted by Crippen LogP contribution is 2.21. The number of likely N-dealkylation sites (tertiary alicyclic amines) is 1. The predicted molar refractivity (Wildman–Crippen MR) is 75.4 cm³/mol. The van der Waals surface area contributed by atoms with Gasteiger partial charge >= 0.3 is 5.97 Å². The molecule has 0 spiro atoms. The fourth-order valence-electron chi connectivity index (χ4n) is 3.00. The SMILES string of the molecule is O=C(O)CC1CCCN(Cc2cn3ccccc3n2)C1. The quantitative estimate of drug-likeness (QED) is 0.926. The lowest BCUT2D eigenvalue weighted by molar-refractivity contribution is -0.138. The van der Waals surface area contributed by atoms with Gasteiger partial charge in [0, 0.05) is 31.9 Å². The van der Waals surface area contributed by atoms with E-state index in [-0.39, 0.29) is 12.3 Å². The normalized spacial score (nSPS) is 20.3. The molecule has 1 saturated heterocycles. The van der Waals surface area contributed by atoms with Gasteiger partial charge in [-0.15, -0.1) is 0 Å². The van der Waals surface area contributed by atoms with Crippen molar-refractivity contribution in [3.63, 3.8) is 0 Å². The molecule has 2 aromatic rings. The van der Waals surface area contributed by atoms with Gasteiger partial charge in [-0.25, -0.2) is 4.98 Å². The summed E-state index contributed by atoms with van der Waals surface area (Å²) in [5.74, 6) is -0.414. The van der Waals surface area contributed by atoms with Gasteiger partial charge in [-0.3, -0.25) is 9.69 Å². The summed E-state index contributed by atoms with van der Waals surface area (Å²) in [5, 5.41) is 8.90. The molecule has 0 radical (unpaired) electrons. The van der Waals surface area contributed by atoms with Crippen molar-refractivity contribution < 1.29 is 9.90 Å². The number of pyridine rings is 1. The summed E-state index contributed by atoms with van der Waals surface area (Å²) in [6, 6.07) is 5.96. The zero-order valence-corrected chi connectivity index (χ0v) is 11.4. The summed E-state index contributed by atoms with van der Waals surface area (Å²) >= 11 is 0. The number of carbonyl (C=O) groups is 1. The molecule has 5 nitrogen and oxygen atoms in total. The van der Waals surface area contributed by atoms with Gasteiger partial charge in [0.1, 0.15) is 5.65 Å². The number of imidazole rings is 1. The van der Waals surface area contributed by atoms with E-state index < -0.39 is 5.97 Å². The van der Waals surface area contributed by atoms with Crippen LogP contribution in [0.4, 0.5) is 0 Å². The minimum Gasteiger partial charge on any atom is -0.481 e. The molecule has 0 amide bonds. The van der Waals surface area contributed by atoms with E-state index in [1.54, 1.807) is 0 Å². The molecule has 1 aliphatic rings. The molecule has 0 bridgehead atoms. The molecule has 0 aliphatic carbocycles. The minimum atomic E-state index is -0.690. The second-order valence-corrected chi connectivity index (χ2v) is 5.54. The molecule has 3 heterocycles. The number of nitrogens with zero attached hydrogens (tertiary/aromatic N) is 3. The number of carboxylic acids is 1. The molecule has 1 atom stereocenters. The first-order valence-corrected chi connectivity index (χ1v) is 7.07. The van der Waals surface area contributed by atoms with Crippen molar-refractivity contribution in [3.8, 4) is 0 Å². The highest BCUT2D eigenvalue weighted by Gasteiger charge is 2.22. The van der Waals surface area contributed by atoms with Gasteiger partial charge in [0.15, 0.2) is 0 Å². The first-order chi connectivity index (χ1) is 9.70. The van der Waals surface area contributed by atoms with E-state index in [4.69, 9.17) is 5.11 Å². The second-order valence-electron chi connectivity index (χ2n) is 5.54. The Bertz CT molecular complexity index is 575. The number of hydrogen-bond acceptors (Lipinski definition) is 3. The summed E-state index contributed by atoms with van der Waals surface area (Å²) < 4.78 is 2.02. The maximum atomic E-state index is 10.8. The molecule has 1 N–H and O–H groups in total. The van der Waals surface area contributed by atoms with Crippen LogP contribution < -0.4 is 0 Å². The number of carboxylic acid groups (broad SMARTS) is 1. The Morgan fingerprint density at radius 3 is 3.15 bits per heavy atom. The molecular formula is C15H19N3O2. The summed E-state index contributed by atoms with van der Waals surface area (Å²) in [7, 11) is 0. The maximum absolute atomic E-state index is 10.8. The number of piperidine rings is 1. The summed E-state index contributed by atoms with van der Waals surface area (Å²) in [5.41, 5.74) is 2.01. The number of aromatic nitrogens is 2. The van der Waals surface area contributed by atoms with Crippen LogP contribution in [0.5, 0.6) is 0 Å². The molecule has 106 valence electrons. The summed E-state index contributed by atoms with van der Waals surface area (Å²) in [6.07, 6.45) is 6.42. The molecular weight excluding hydrogens is 254 g/mol. The lowest BCUT2D eigenvalue weighted by Crippen LogP contribution is -2.35. The van der Waals surface area contributed by atoms with Gasteiger partial charge in [0.25, 0.3) is 0 Å². The minimum absolute atomic E-state index is 0.276. The largest absolute Gasteiger partial charge is 0.481 e. The van der Waals surface area contributed by atoms with Gasteiger partial charge in [-0.2, -0.15) is 0 Å².